The molecule has 0 aliphatic rings. The molecule has 0 radical (unpaired) electrons. The molecule has 1 N–H and O–H groups in total. The van der Waals surface area contributed by atoms with Crippen LogP contribution in [0.4, 0.5) is 0 Å². The van der Waals surface area contributed by atoms with Crippen LogP contribution in [0.1, 0.15) is 15.2 Å². The van der Waals surface area contributed by atoms with Gasteiger partial charge in [0, 0.05) is 22.8 Å². The van der Waals surface area contributed by atoms with Gasteiger partial charge in [-0.25, -0.2) is 4.79 Å². The van der Waals surface area contributed by atoms with Gasteiger partial charge in [0.15, 0.2) is 6.61 Å². The Morgan fingerprint density at radius 2 is 1.81 bits per heavy atom. The smallest absolute Gasteiger partial charge is 0.348 e. The van der Waals surface area contributed by atoms with E-state index in [9.17, 15) is 9.59 Å². The van der Waals surface area contributed by atoms with Crippen LogP contribution in [0, 0.1) is 0 Å². The number of esters is 1. The van der Waals surface area contributed by atoms with Crippen LogP contribution in [0.5, 0.6) is 0 Å². The van der Waals surface area contributed by atoms with E-state index in [2.05, 4.69) is 17.4 Å². The van der Waals surface area contributed by atoms with E-state index in [1.54, 1.807) is 17.8 Å². The lowest BCUT2D eigenvalue weighted by atomic mass is 10.2. The summed E-state index contributed by atoms with van der Waals surface area (Å²) in [5, 5.41) is 3.77. The van der Waals surface area contributed by atoms with Crippen molar-refractivity contribution in [1.29, 1.82) is 0 Å². The Morgan fingerprint density at radius 1 is 1.04 bits per heavy atom. The minimum Gasteiger partial charge on any atom is -0.451 e. The highest BCUT2D eigenvalue weighted by atomic mass is 32.2. The Hall–Kier alpha value is -2.31. The number of thioether (sulfide) groups is 1. The fourth-order valence-corrected chi connectivity index (χ4v) is 4.14. The third-order valence-corrected chi connectivity index (χ3v) is 5.77. The normalized spacial score (nSPS) is 10.6. The first kappa shape index (κ1) is 18.5. The van der Waals surface area contributed by atoms with Crippen molar-refractivity contribution in [2.45, 2.75) is 5.75 Å². The van der Waals surface area contributed by atoms with Crippen molar-refractivity contribution < 1.29 is 14.3 Å². The van der Waals surface area contributed by atoms with Crippen LogP contribution >= 0.6 is 23.1 Å². The van der Waals surface area contributed by atoms with Crippen LogP contribution in [0.15, 0.2) is 60.7 Å². The minimum absolute atomic E-state index is 0.254. The van der Waals surface area contributed by atoms with Gasteiger partial charge in [0.2, 0.25) is 0 Å². The highest BCUT2D eigenvalue weighted by Gasteiger charge is 2.13. The predicted molar refractivity (Wildman–Crippen MR) is 108 cm³/mol. The maximum atomic E-state index is 12.1. The number of hydrogen-bond donors (Lipinski definition) is 1. The summed E-state index contributed by atoms with van der Waals surface area (Å²) in [5.41, 5.74) is 1.26. The number of fused-ring (bicyclic) bond motifs is 1. The van der Waals surface area contributed by atoms with Crippen molar-refractivity contribution >= 4 is 45.1 Å². The number of nitrogens with one attached hydrogen (secondary N) is 1. The maximum absolute atomic E-state index is 12.1. The number of ether oxygens (including phenoxy) is 1. The van der Waals surface area contributed by atoms with E-state index in [-0.39, 0.29) is 12.5 Å². The molecule has 0 saturated carbocycles. The fourth-order valence-electron chi connectivity index (χ4n) is 2.36. The molecule has 6 heteroatoms. The van der Waals surface area contributed by atoms with Crippen LogP contribution in [0.3, 0.4) is 0 Å². The standard InChI is InChI=1S/C20H19NO3S2/c22-19(21-10-11-25-14-15-6-2-1-3-7-15)13-24-20(23)18-12-16-8-4-5-9-17(16)26-18/h1-9,12H,10-11,13-14H2,(H,21,22). The second kappa shape index (κ2) is 9.40. The number of benzene rings is 2. The van der Waals surface area contributed by atoms with E-state index in [0.717, 1.165) is 21.6 Å². The second-order valence-electron chi connectivity index (χ2n) is 5.61. The summed E-state index contributed by atoms with van der Waals surface area (Å²) in [7, 11) is 0. The average molecular weight is 386 g/mol. The molecule has 0 saturated heterocycles. The Balaban J connectivity index is 1.34. The molecule has 1 aromatic heterocycles. The van der Waals surface area contributed by atoms with Gasteiger partial charge in [-0.05, 0) is 23.1 Å². The molecule has 3 aromatic rings. The van der Waals surface area contributed by atoms with Crippen molar-refractivity contribution in [3.05, 3.63) is 71.1 Å². The van der Waals surface area contributed by atoms with E-state index < -0.39 is 5.97 Å². The lowest BCUT2D eigenvalue weighted by Crippen LogP contribution is -2.30. The molecule has 0 fully saturated rings. The third-order valence-electron chi connectivity index (χ3n) is 3.64. The molecule has 0 bridgehead atoms. The van der Waals surface area contributed by atoms with E-state index in [4.69, 9.17) is 4.74 Å². The Bertz CT molecular complexity index is 844. The predicted octanol–water partition coefficient (Wildman–Crippen LogP) is 4.11. The van der Waals surface area contributed by atoms with Gasteiger partial charge in [0.05, 0.1) is 0 Å². The molecular weight excluding hydrogens is 366 g/mol. The van der Waals surface area contributed by atoms with E-state index in [0.29, 0.717) is 11.4 Å². The van der Waals surface area contributed by atoms with Crippen LogP contribution in [0.25, 0.3) is 10.1 Å². The summed E-state index contributed by atoms with van der Waals surface area (Å²) in [5.74, 6) is 0.988. The molecule has 2 aromatic carbocycles. The van der Waals surface area contributed by atoms with Crippen LogP contribution in [0.2, 0.25) is 0 Å². The fraction of sp³-hybridized carbons (Fsp3) is 0.200. The first-order chi connectivity index (χ1) is 12.7. The SMILES string of the molecule is O=C(COC(=O)c1cc2ccccc2s1)NCCSCc1ccccc1. The lowest BCUT2D eigenvalue weighted by Gasteiger charge is -2.06. The van der Waals surface area contributed by atoms with E-state index in [1.807, 2.05) is 42.5 Å². The largest absolute Gasteiger partial charge is 0.451 e. The molecule has 0 aliphatic carbocycles. The molecule has 0 spiro atoms. The Morgan fingerprint density at radius 3 is 2.62 bits per heavy atom. The van der Waals surface area contributed by atoms with Crippen LogP contribution in [-0.2, 0) is 15.3 Å². The van der Waals surface area contributed by atoms with Gasteiger partial charge < -0.3 is 10.1 Å². The number of thiophene rings is 1. The number of carbonyl (C=O) groups is 2. The number of rotatable bonds is 8. The lowest BCUT2D eigenvalue weighted by molar-refractivity contribution is -0.124. The topological polar surface area (TPSA) is 55.4 Å². The molecule has 0 aliphatic heterocycles. The van der Waals surface area contributed by atoms with Crippen LogP contribution in [-0.4, -0.2) is 30.8 Å². The monoisotopic (exact) mass is 385 g/mol. The molecule has 0 unspecified atom stereocenters. The van der Waals surface area contributed by atoms with Gasteiger partial charge in [-0.1, -0.05) is 48.5 Å². The van der Waals surface area contributed by atoms with Crippen molar-refractivity contribution in [1.82, 2.24) is 5.32 Å². The Labute approximate surface area is 160 Å². The molecule has 3 rings (SSSR count). The number of carbonyl (C=O) groups excluding carboxylic acids is 2. The van der Waals surface area contributed by atoms with Gasteiger partial charge in [-0.3, -0.25) is 4.79 Å². The molecule has 26 heavy (non-hydrogen) atoms. The van der Waals surface area contributed by atoms with Crippen molar-refractivity contribution in [3.63, 3.8) is 0 Å². The molecule has 1 heterocycles. The Kier molecular flexibility index (Phi) is 6.68. The zero-order valence-corrected chi connectivity index (χ0v) is 15.8. The first-order valence-corrected chi connectivity index (χ1v) is 10.2. The molecule has 1 amide bonds. The van der Waals surface area contributed by atoms with Crippen molar-refractivity contribution in [2.75, 3.05) is 18.9 Å². The molecule has 4 nitrogen and oxygen atoms in total. The number of amides is 1. The quantitative estimate of drug-likeness (QED) is 0.468. The summed E-state index contributed by atoms with van der Waals surface area (Å²) in [4.78, 5) is 24.4. The van der Waals surface area contributed by atoms with Gasteiger partial charge in [0.25, 0.3) is 5.91 Å². The zero-order chi connectivity index (χ0) is 18.2. The summed E-state index contributed by atoms with van der Waals surface area (Å²) < 4.78 is 6.13. The minimum atomic E-state index is -0.459. The number of hydrogen-bond acceptors (Lipinski definition) is 5. The highest BCUT2D eigenvalue weighted by Crippen LogP contribution is 2.25. The summed E-state index contributed by atoms with van der Waals surface area (Å²) in [6.07, 6.45) is 0. The summed E-state index contributed by atoms with van der Waals surface area (Å²) in [6.45, 7) is 0.299. The van der Waals surface area contributed by atoms with Gasteiger partial charge in [-0.15, -0.1) is 11.3 Å². The van der Waals surface area contributed by atoms with Gasteiger partial charge >= 0.3 is 5.97 Å². The third kappa shape index (κ3) is 5.34. The molecule has 134 valence electrons. The first-order valence-electron chi connectivity index (χ1n) is 8.26. The van der Waals surface area contributed by atoms with Crippen molar-refractivity contribution in [2.24, 2.45) is 0 Å². The highest BCUT2D eigenvalue weighted by molar-refractivity contribution is 7.98. The van der Waals surface area contributed by atoms with Gasteiger partial charge in [-0.2, -0.15) is 11.8 Å². The summed E-state index contributed by atoms with van der Waals surface area (Å²) >= 11 is 3.12. The average Bonchev–Trinajstić information content (AvgIpc) is 3.11. The molecular formula is C20H19NO3S2. The maximum Gasteiger partial charge on any atom is 0.348 e. The van der Waals surface area contributed by atoms with Crippen molar-refractivity contribution in [3.8, 4) is 0 Å². The summed E-state index contributed by atoms with van der Waals surface area (Å²) in [6, 6.07) is 19.7. The molecule has 0 atom stereocenters. The zero-order valence-electron chi connectivity index (χ0n) is 14.1. The van der Waals surface area contributed by atoms with E-state index >= 15 is 0 Å². The van der Waals surface area contributed by atoms with E-state index in [1.165, 1.54) is 16.9 Å². The van der Waals surface area contributed by atoms with Gasteiger partial charge in [0.1, 0.15) is 4.88 Å². The van der Waals surface area contributed by atoms with Crippen LogP contribution < -0.4 is 5.32 Å². The second-order valence-corrected chi connectivity index (χ2v) is 7.80.